The fraction of sp³-hybridized carbons (Fsp3) is 0.429. The van der Waals surface area contributed by atoms with E-state index < -0.39 is 17.7 Å². The van der Waals surface area contributed by atoms with Crippen LogP contribution in [0.5, 0.6) is 0 Å². The number of likely N-dealkylation sites (tertiary alicyclic amines) is 1. The van der Waals surface area contributed by atoms with E-state index in [4.69, 9.17) is 0 Å². The van der Waals surface area contributed by atoms with Crippen molar-refractivity contribution in [2.75, 3.05) is 19.6 Å². The van der Waals surface area contributed by atoms with Gasteiger partial charge < -0.3 is 15.5 Å². The van der Waals surface area contributed by atoms with E-state index >= 15 is 0 Å². The Morgan fingerprint density at radius 1 is 1.18 bits per heavy atom. The van der Waals surface area contributed by atoms with E-state index in [-0.39, 0.29) is 12.1 Å². The fourth-order valence-corrected chi connectivity index (χ4v) is 3.43. The van der Waals surface area contributed by atoms with Gasteiger partial charge in [-0.1, -0.05) is 6.07 Å². The third-order valence-electron chi connectivity index (χ3n) is 5.18. The zero-order chi connectivity index (χ0) is 19.9. The molecule has 150 valence electrons. The zero-order valence-corrected chi connectivity index (χ0v) is 16.0. The molecular weight excluding hydrogens is 362 g/mol. The number of pyridine rings is 1. The highest BCUT2D eigenvalue weighted by atomic mass is 19.2. The van der Waals surface area contributed by atoms with Gasteiger partial charge in [0.2, 0.25) is 0 Å². The van der Waals surface area contributed by atoms with Crippen LogP contribution in [0, 0.1) is 11.6 Å². The molecule has 1 saturated heterocycles. The first-order valence-corrected chi connectivity index (χ1v) is 9.64. The van der Waals surface area contributed by atoms with Gasteiger partial charge in [0.15, 0.2) is 11.6 Å². The Hall–Kier alpha value is -2.54. The average Bonchev–Trinajstić information content (AvgIpc) is 2.70. The van der Waals surface area contributed by atoms with Gasteiger partial charge in [0.05, 0.1) is 6.04 Å². The Labute approximate surface area is 164 Å². The smallest absolute Gasteiger partial charge is 0.315 e. The van der Waals surface area contributed by atoms with E-state index in [2.05, 4.69) is 20.5 Å². The number of amides is 2. The van der Waals surface area contributed by atoms with Gasteiger partial charge in [0.25, 0.3) is 0 Å². The van der Waals surface area contributed by atoms with Crippen LogP contribution in [0.3, 0.4) is 0 Å². The molecule has 1 fully saturated rings. The predicted octanol–water partition coefficient (Wildman–Crippen LogP) is 3.43. The summed E-state index contributed by atoms with van der Waals surface area (Å²) in [5.74, 6) is -1.80. The van der Waals surface area contributed by atoms with Gasteiger partial charge in [-0.25, -0.2) is 13.6 Å². The van der Waals surface area contributed by atoms with Gasteiger partial charge in [-0.15, -0.1) is 0 Å². The maximum absolute atomic E-state index is 13.3. The van der Waals surface area contributed by atoms with Crippen LogP contribution in [0.1, 0.15) is 36.9 Å². The van der Waals surface area contributed by atoms with E-state index in [1.807, 2.05) is 24.5 Å². The van der Waals surface area contributed by atoms with Crippen LogP contribution < -0.4 is 10.6 Å². The molecule has 3 rings (SSSR count). The lowest BCUT2D eigenvalue weighted by Crippen LogP contribution is -2.48. The fourth-order valence-electron chi connectivity index (χ4n) is 3.43. The Bertz CT molecular complexity index is 779. The number of hydrogen-bond donors (Lipinski definition) is 2. The number of nitrogens with zero attached hydrogens (tertiary/aromatic N) is 2. The topological polar surface area (TPSA) is 57.3 Å². The molecule has 1 aromatic heterocycles. The summed E-state index contributed by atoms with van der Waals surface area (Å²) in [5.41, 5.74) is 1.81. The maximum Gasteiger partial charge on any atom is 0.315 e. The van der Waals surface area contributed by atoms with Gasteiger partial charge in [-0.2, -0.15) is 0 Å². The van der Waals surface area contributed by atoms with Crippen molar-refractivity contribution in [1.29, 1.82) is 0 Å². The molecule has 2 amide bonds. The van der Waals surface area contributed by atoms with Crippen molar-refractivity contribution >= 4 is 6.03 Å². The molecular formula is C21H26F2N4O. The summed E-state index contributed by atoms with van der Waals surface area (Å²) in [4.78, 5) is 18.7. The highest BCUT2D eigenvalue weighted by Crippen LogP contribution is 2.16. The Balaban J connectivity index is 1.39. The second-order valence-electron chi connectivity index (χ2n) is 7.23. The van der Waals surface area contributed by atoms with Gasteiger partial charge >= 0.3 is 6.03 Å². The molecule has 2 heterocycles. The van der Waals surface area contributed by atoms with E-state index in [0.717, 1.165) is 51.0 Å². The number of carbonyl (C=O) groups is 1. The second-order valence-corrected chi connectivity index (χ2v) is 7.23. The minimum Gasteiger partial charge on any atom is -0.335 e. The van der Waals surface area contributed by atoms with Crippen molar-refractivity contribution < 1.29 is 13.6 Å². The minimum absolute atomic E-state index is 0.120. The highest BCUT2D eigenvalue weighted by Gasteiger charge is 2.21. The minimum atomic E-state index is -0.911. The number of piperidine rings is 1. The monoisotopic (exact) mass is 388 g/mol. The SMILES string of the molecule is CC(NC(=O)NC1CCN(CCc2ccncc2)CC1)c1ccc(F)c(F)c1. The predicted molar refractivity (Wildman–Crippen MR) is 104 cm³/mol. The molecule has 0 spiro atoms. The summed E-state index contributed by atoms with van der Waals surface area (Å²) in [6, 6.07) is 7.16. The molecule has 2 N–H and O–H groups in total. The van der Waals surface area contributed by atoms with Crippen LogP contribution in [0.25, 0.3) is 0 Å². The largest absolute Gasteiger partial charge is 0.335 e. The number of carbonyl (C=O) groups excluding carboxylic acids is 1. The van der Waals surface area contributed by atoms with E-state index in [1.54, 1.807) is 6.92 Å². The van der Waals surface area contributed by atoms with E-state index in [0.29, 0.717) is 5.56 Å². The molecule has 0 aliphatic carbocycles. The summed E-state index contributed by atoms with van der Waals surface area (Å²) in [6.45, 7) is 4.62. The second kappa shape index (κ2) is 9.59. The summed E-state index contributed by atoms with van der Waals surface area (Å²) in [7, 11) is 0. The van der Waals surface area contributed by atoms with E-state index in [9.17, 15) is 13.6 Å². The molecule has 0 bridgehead atoms. The first-order chi connectivity index (χ1) is 13.5. The Kier molecular flexibility index (Phi) is 6.92. The van der Waals surface area contributed by atoms with Gasteiger partial charge in [-0.05, 0) is 61.6 Å². The molecule has 1 aliphatic rings. The lowest BCUT2D eigenvalue weighted by Gasteiger charge is -2.32. The number of halogens is 2. The first-order valence-electron chi connectivity index (χ1n) is 9.64. The van der Waals surface area contributed by atoms with Crippen molar-refractivity contribution in [3.63, 3.8) is 0 Å². The number of hydrogen-bond acceptors (Lipinski definition) is 3. The molecule has 1 unspecified atom stereocenters. The van der Waals surface area contributed by atoms with Crippen LogP contribution in [-0.4, -0.2) is 41.6 Å². The Morgan fingerprint density at radius 2 is 1.89 bits per heavy atom. The summed E-state index contributed by atoms with van der Waals surface area (Å²) < 4.78 is 26.4. The third-order valence-corrected chi connectivity index (χ3v) is 5.18. The molecule has 7 heteroatoms. The van der Waals surface area contributed by atoms with Crippen LogP contribution in [0.2, 0.25) is 0 Å². The summed E-state index contributed by atoms with van der Waals surface area (Å²) >= 11 is 0. The molecule has 1 aliphatic heterocycles. The number of aromatic nitrogens is 1. The first kappa shape index (κ1) is 20.2. The average molecular weight is 388 g/mol. The summed E-state index contributed by atoms with van der Waals surface area (Å²) in [5, 5.41) is 5.78. The third kappa shape index (κ3) is 5.73. The van der Waals surface area contributed by atoms with Crippen LogP contribution in [0.4, 0.5) is 13.6 Å². The number of benzene rings is 1. The number of urea groups is 1. The molecule has 0 saturated carbocycles. The van der Waals surface area contributed by atoms with Crippen LogP contribution in [-0.2, 0) is 6.42 Å². The normalized spacial score (nSPS) is 16.5. The number of rotatable bonds is 6. The van der Waals surface area contributed by atoms with Crippen molar-refractivity contribution in [3.8, 4) is 0 Å². The zero-order valence-electron chi connectivity index (χ0n) is 16.0. The molecule has 5 nitrogen and oxygen atoms in total. The molecule has 2 aromatic rings. The lowest BCUT2D eigenvalue weighted by atomic mass is 10.0. The maximum atomic E-state index is 13.3. The molecule has 1 atom stereocenters. The van der Waals surface area contributed by atoms with Gasteiger partial charge in [0, 0.05) is 38.1 Å². The van der Waals surface area contributed by atoms with Crippen LogP contribution in [0.15, 0.2) is 42.7 Å². The van der Waals surface area contributed by atoms with E-state index in [1.165, 1.54) is 11.6 Å². The van der Waals surface area contributed by atoms with Crippen molar-refractivity contribution in [1.82, 2.24) is 20.5 Å². The van der Waals surface area contributed by atoms with Crippen molar-refractivity contribution in [2.24, 2.45) is 0 Å². The van der Waals surface area contributed by atoms with Crippen LogP contribution >= 0.6 is 0 Å². The lowest BCUT2D eigenvalue weighted by molar-refractivity contribution is 0.193. The van der Waals surface area contributed by atoms with Crippen molar-refractivity contribution in [3.05, 3.63) is 65.5 Å². The standard InChI is InChI=1S/C21H26F2N4O/c1-15(17-2-3-19(22)20(23)14-17)25-21(28)26-18-7-12-27(13-8-18)11-6-16-4-9-24-10-5-16/h2-5,9-10,14-15,18H,6-8,11-13H2,1H3,(H2,25,26,28). The van der Waals surface area contributed by atoms with Gasteiger partial charge in [-0.3, -0.25) is 4.98 Å². The quantitative estimate of drug-likeness (QED) is 0.797. The highest BCUT2D eigenvalue weighted by molar-refractivity contribution is 5.74. The number of nitrogens with one attached hydrogen (secondary N) is 2. The summed E-state index contributed by atoms with van der Waals surface area (Å²) in [6.07, 6.45) is 6.40. The Morgan fingerprint density at radius 3 is 2.57 bits per heavy atom. The van der Waals surface area contributed by atoms with Gasteiger partial charge in [0.1, 0.15) is 0 Å². The van der Waals surface area contributed by atoms with Crippen molar-refractivity contribution in [2.45, 2.75) is 38.3 Å². The molecule has 0 radical (unpaired) electrons. The molecule has 28 heavy (non-hydrogen) atoms. The molecule has 1 aromatic carbocycles.